The molecule has 0 bridgehead atoms. The van der Waals surface area contributed by atoms with Crippen molar-refractivity contribution in [1.82, 2.24) is 8.61 Å². The van der Waals surface area contributed by atoms with Crippen LogP contribution in [-0.2, 0) is 0 Å². The van der Waals surface area contributed by atoms with Crippen molar-refractivity contribution in [2.45, 2.75) is 90.9 Å². The molecule has 0 aromatic rings. The number of carbonyl (C=O) groups excluding carboxylic acids is 1. The Morgan fingerprint density at radius 3 is 1.57 bits per heavy atom. The largest absolute Gasteiger partial charge is 0.410 e. The Labute approximate surface area is 147 Å². The number of amides is 1. The lowest BCUT2D eigenvalue weighted by Gasteiger charge is -2.24. The first-order valence-electron chi connectivity index (χ1n) is 9.48. The Kier molecular flexibility index (Phi) is 16.4. The third-order valence-electron chi connectivity index (χ3n) is 4.01. The van der Waals surface area contributed by atoms with E-state index in [1.165, 1.54) is 83.4 Å². The molecule has 0 fully saturated rings. The molecule has 0 saturated carbocycles. The van der Waals surface area contributed by atoms with Gasteiger partial charge in [0, 0.05) is 32.3 Å². The van der Waals surface area contributed by atoms with Gasteiger partial charge in [-0.2, -0.15) is 0 Å². The van der Waals surface area contributed by atoms with Crippen LogP contribution in [0.2, 0.25) is 0 Å². The molecule has 3 nitrogen and oxygen atoms in total. The first kappa shape index (κ1) is 22.7. The molecule has 0 N–H and O–H groups in total. The van der Waals surface area contributed by atoms with Crippen molar-refractivity contribution in [1.29, 1.82) is 0 Å². The summed E-state index contributed by atoms with van der Waals surface area (Å²) in [6.45, 7) is 6.32. The van der Waals surface area contributed by atoms with Gasteiger partial charge in [0.1, 0.15) is 0 Å². The molecule has 0 rings (SSSR count). The maximum absolute atomic E-state index is 12.8. The van der Waals surface area contributed by atoms with Gasteiger partial charge >= 0.3 is 6.16 Å². The van der Waals surface area contributed by atoms with E-state index in [-0.39, 0.29) is 0 Å². The number of carbonyl (C=O) groups is 1. The van der Waals surface area contributed by atoms with Crippen LogP contribution in [0.3, 0.4) is 0 Å². The van der Waals surface area contributed by atoms with Crippen molar-refractivity contribution in [3.63, 3.8) is 0 Å². The fourth-order valence-corrected chi connectivity index (χ4v) is 3.37. The molecule has 0 aromatic heterocycles. The second-order valence-corrected chi connectivity index (χ2v) is 7.52. The van der Waals surface area contributed by atoms with E-state index in [1.54, 1.807) is 0 Å². The van der Waals surface area contributed by atoms with Crippen molar-refractivity contribution in [2.75, 3.05) is 20.1 Å². The van der Waals surface area contributed by atoms with Gasteiger partial charge in [-0.3, -0.25) is 0 Å². The average molecular weight is 349 g/mol. The van der Waals surface area contributed by atoms with Crippen LogP contribution in [0.1, 0.15) is 90.9 Å². The summed E-state index contributed by atoms with van der Waals surface area (Å²) in [5, 5.41) is 0. The normalized spacial score (nSPS) is 11.2. The second kappa shape index (κ2) is 16.6. The molecule has 0 heterocycles. The highest BCUT2D eigenvalue weighted by atomic mass is 32.2. The zero-order valence-electron chi connectivity index (χ0n) is 15.5. The molecular weight excluding hydrogens is 311 g/mol. The molecule has 0 saturated heterocycles. The van der Waals surface area contributed by atoms with Gasteiger partial charge in [0.15, 0.2) is 0 Å². The topological polar surface area (TPSA) is 23.6 Å². The molecule has 0 unspecified atom stereocenters. The van der Waals surface area contributed by atoms with E-state index >= 15 is 0 Å². The van der Waals surface area contributed by atoms with Gasteiger partial charge in [0.05, 0.1) is 0 Å². The Morgan fingerprint density at radius 1 is 0.783 bits per heavy atom. The minimum absolute atomic E-state index is 0.934. The predicted octanol–water partition coefficient (Wildman–Crippen LogP) is 6.59. The highest BCUT2D eigenvalue weighted by molar-refractivity contribution is 7.95. The Bertz CT molecular complexity index is 264. The van der Waals surface area contributed by atoms with E-state index in [0.29, 0.717) is 0 Å². The highest BCUT2D eigenvalue weighted by Gasteiger charge is 2.13. The lowest BCUT2D eigenvalue weighted by Crippen LogP contribution is -2.26. The van der Waals surface area contributed by atoms with Crippen LogP contribution in [0.5, 0.6) is 0 Å². The molecule has 1 amide bonds. The van der Waals surface area contributed by atoms with Crippen molar-refractivity contribution < 1.29 is 9.18 Å². The summed E-state index contributed by atoms with van der Waals surface area (Å²) in [5.41, 5.74) is 0. The third kappa shape index (κ3) is 15.0. The number of hydrogen-bond acceptors (Lipinski definition) is 3. The third-order valence-corrected chi connectivity index (χ3v) is 4.99. The molecule has 138 valence electrons. The number of nitrogens with zero attached hydrogens (tertiary/aromatic N) is 2. The molecule has 0 atom stereocenters. The van der Waals surface area contributed by atoms with Gasteiger partial charge in [-0.25, -0.2) is 13.4 Å². The predicted molar refractivity (Wildman–Crippen MR) is 100 cm³/mol. The maximum Gasteiger partial charge on any atom is 0.410 e. The summed E-state index contributed by atoms with van der Waals surface area (Å²) in [6.07, 6.45) is 13.7. The fraction of sp³-hybridized carbons (Fsp3) is 0.944. The summed E-state index contributed by atoms with van der Waals surface area (Å²) in [7, 11) is 1.50. The van der Waals surface area contributed by atoms with E-state index in [4.69, 9.17) is 0 Å². The lowest BCUT2D eigenvalue weighted by atomic mass is 10.1. The molecule has 0 aromatic carbocycles. The monoisotopic (exact) mass is 348 g/mol. The van der Waals surface area contributed by atoms with Crippen LogP contribution in [0.15, 0.2) is 0 Å². The summed E-state index contributed by atoms with van der Waals surface area (Å²) < 4.78 is 16.0. The van der Waals surface area contributed by atoms with Gasteiger partial charge in [-0.05, 0) is 12.8 Å². The summed E-state index contributed by atoms with van der Waals surface area (Å²) in [6, 6.07) is 0. The first-order valence-corrected chi connectivity index (χ1v) is 10.2. The lowest BCUT2D eigenvalue weighted by molar-refractivity contribution is 0.208. The van der Waals surface area contributed by atoms with E-state index in [0.717, 1.165) is 30.2 Å². The summed E-state index contributed by atoms with van der Waals surface area (Å²) in [4.78, 5) is 10.8. The van der Waals surface area contributed by atoms with Gasteiger partial charge in [-0.1, -0.05) is 78.1 Å². The van der Waals surface area contributed by atoms with Gasteiger partial charge in [0.25, 0.3) is 0 Å². The second-order valence-electron chi connectivity index (χ2n) is 6.30. The molecule has 23 heavy (non-hydrogen) atoms. The summed E-state index contributed by atoms with van der Waals surface area (Å²) >= 11 is 1.23. The molecule has 0 spiro atoms. The van der Waals surface area contributed by atoms with Crippen LogP contribution in [-0.4, -0.2) is 34.9 Å². The number of unbranched alkanes of at least 4 members (excludes halogenated alkanes) is 10. The van der Waals surface area contributed by atoms with E-state index in [1.807, 2.05) is 0 Å². The van der Waals surface area contributed by atoms with Crippen molar-refractivity contribution in [2.24, 2.45) is 0 Å². The Balaban J connectivity index is 3.91. The van der Waals surface area contributed by atoms with Crippen molar-refractivity contribution in [3.05, 3.63) is 0 Å². The smallest absolute Gasteiger partial charge is 0.248 e. The number of halogens is 1. The maximum atomic E-state index is 12.8. The SMILES string of the molecule is CCCCCCCCN(CCCCCCCC)SN(C)C(=O)F. The van der Waals surface area contributed by atoms with Crippen LogP contribution in [0.25, 0.3) is 0 Å². The Morgan fingerprint density at radius 2 is 1.17 bits per heavy atom. The molecule has 0 aliphatic carbocycles. The standard InChI is InChI=1S/C18H37FN2OS/c1-4-6-8-10-12-14-16-21(23-20(3)18(19)22)17-15-13-11-9-7-5-2/h4-17H2,1-3H3. The molecular formula is C18H37FN2OS. The first-order chi connectivity index (χ1) is 11.1. The van der Waals surface area contributed by atoms with Crippen LogP contribution >= 0.6 is 12.1 Å². The van der Waals surface area contributed by atoms with Crippen LogP contribution < -0.4 is 0 Å². The van der Waals surface area contributed by atoms with Gasteiger partial charge in [-0.15, -0.1) is 4.39 Å². The highest BCUT2D eigenvalue weighted by Crippen LogP contribution is 2.19. The minimum atomic E-state index is -1.37. The zero-order chi connectivity index (χ0) is 17.3. The van der Waals surface area contributed by atoms with Crippen LogP contribution in [0.4, 0.5) is 9.18 Å². The molecule has 0 aliphatic heterocycles. The number of rotatable bonds is 16. The van der Waals surface area contributed by atoms with Crippen molar-refractivity contribution in [3.8, 4) is 0 Å². The van der Waals surface area contributed by atoms with E-state index in [2.05, 4.69) is 18.2 Å². The zero-order valence-corrected chi connectivity index (χ0v) is 16.3. The van der Waals surface area contributed by atoms with E-state index < -0.39 is 6.16 Å². The molecule has 0 radical (unpaired) electrons. The van der Waals surface area contributed by atoms with Crippen molar-refractivity contribution >= 4 is 18.3 Å². The Hall–Kier alpha value is -0.290. The quantitative estimate of drug-likeness (QED) is 0.136. The van der Waals surface area contributed by atoms with E-state index in [9.17, 15) is 9.18 Å². The van der Waals surface area contributed by atoms with Crippen LogP contribution in [0, 0.1) is 0 Å². The minimum Gasteiger partial charge on any atom is -0.248 e. The van der Waals surface area contributed by atoms with Gasteiger partial charge in [0.2, 0.25) is 0 Å². The molecule has 5 heteroatoms. The molecule has 0 aliphatic rings. The average Bonchev–Trinajstić information content (AvgIpc) is 2.53. The summed E-state index contributed by atoms with van der Waals surface area (Å²) in [5.74, 6) is 0. The fourth-order valence-electron chi connectivity index (χ4n) is 2.54. The van der Waals surface area contributed by atoms with Gasteiger partial charge < -0.3 is 0 Å². The number of hydrogen-bond donors (Lipinski definition) is 0.